The number of hydrogen-bond acceptors (Lipinski definition) is 11. The van der Waals surface area contributed by atoms with Crippen molar-refractivity contribution in [2.45, 2.75) is 36.9 Å². The summed E-state index contributed by atoms with van der Waals surface area (Å²) in [4.78, 5) is 41.3. The summed E-state index contributed by atoms with van der Waals surface area (Å²) in [6.07, 6.45) is 0.929. The maximum absolute atomic E-state index is 16.3. The molecule has 1 amide bonds. The average molecular weight is 593 g/mol. The quantitative estimate of drug-likeness (QED) is 0.178. The molecule has 2 heterocycles. The molecule has 0 saturated carbocycles. The van der Waals surface area contributed by atoms with E-state index in [2.05, 4.69) is 10.0 Å². The summed E-state index contributed by atoms with van der Waals surface area (Å²) in [7, 11) is -2.29. The predicted octanol–water partition coefficient (Wildman–Crippen LogP) is -0.334. The van der Waals surface area contributed by atoms with Crippen molar-refractivity contribution in [3.8, 4) is 5.75 Å². The number of ketones is 2. The molecule has 2 unspecified atom stereocenters. The maximum atomic E-state index is 16.3. The zero-order chi connectivity index (χ0) is 29.9. The van der Waals surface area contributed by atoms with E-state index in [0.29, 0.717) is 13.1 Å². The molecular weight excluding hydrogens is 563 g/mol. The van der Waals surface area contributed by atoms with Crippen molar-refractivity contribution < 1.29 is 47.6 Å². The van der Waals surface area contributed by atoms with Gasteiger partial charge in [-0.15, -0.1) is 0 Å². The third kappa shape index (κ3) is 3.62. The van der Waals surface area contributed by atoms with Crippen LogP contribution in [0.3, 0.4) is 0 Å². The van der Waals surface area contributed by atoms with Crippen molar-refractivity contribution >= 4 is 33.2 Å². The molecule has 41 heavy (non-hydrogen) atoms. The van der Waals surface area contributed by atoms with Crippen molar-refractivity contribution in [2.24, 2.45) is 23.5 Å². The number of aliphatic hydroxyl groups excluding tert-OH is 2. The van der Waals surface area contributed by atoms with E-state index in [-0.39, 0.29) is 41.6 Å². The van der Waals surface area contributed by atoms with Gasteiger partial charge in [-0.1, -0.05) is 0 Å². The third-order valence-electron chi connectivity index (χ3n) is 9.29. The molecule has 1 aromatic rings. The molecule has 2 aliphatic heterocycles. The Bertz CT molecular complexity index is 1640. The topological polar surface area (TPSA) is 220 Å². The number of amides is 1. The Hall–Kier alpha value is -3.53. The number of likely N-dealkylation sites (tertiary alicyclic amines) is 1. The standard InChI is InChI=1S/C26H29FN4O9S/c1-31-4-3-8-7-29-18-14(19(8)31)16(27)10-5-9-6-11-17(30-41(2,39)40)22(34)15(25(28)37)24(36)26(11,38)23(35)12(9)20(32)13(10)21(18)33/h8-9,11,17,19,29-30,33-35,38H,3-7H2,1-2H3,(H2,28,37)/t8?,9-,11-,17-,19?,26-/m0/s1. The van der Waals surface area contributed by atoms with Gasteiger partial charge in [0.15, 0.2) is 17.1 Å². The fourth-order valence-corrected chi connectivity index (χ4v) is 8.28. The van der Waals surface area contributed by atoms with Gasteiger partial charge < -0.3 is 31.5 Å². The second-order valence-electron chi connectivity index (χ2n) is 11.6. The highest BCUT2D eigenvalue weighted by Crippen LogP contribution is 2.55. The van der Waals surface area contributed by atoms with Gasteiger partial charge in [0.1, 0.15) is 22.9 Å². The van der Waals surface area contributed by atoms with Gasteiger partial charge in [-0.2, -0.15) is 0 Å². The molecule has 6 atom stereocenters. The van der Waals surface area contributed by atoms with E-state index >= 15 is 4.39 Å². The molecule has 1 aromatic carbocycles. The normalized spacial score (nSPS) is 33.0. The van der Waals surface area contributed by atoms with Crippen LogP contribution in [0.1, 0.15) is 40.4 Å². The van der Waals surface area contributed by atoms with Crippen LogP contribution < -0.4 is 15.8 Å². The van der Waals surface area contributed by atoms with Crippen LogP contribution >= 0.6 is 0 Å². The number of phenols is 1. The largest absolute Gasteiger partial charge is 0.510 e. The first kappa shape index (κ1) is 27.6. The summed E-state index contributed by atoms with van der Waals surface area (Å²) in [5, 5.41) is 48.0. The number of nitrogens with two attached hydrogens (primary N) is 1. The summed E-state index contributed by atoms with van der Waals surface area (Å²) >= 11 is 0. The van der Waals surface area contributed by atoms with Gasteiger partial charge >= 0.3 is 0 Å². The van der Waals surface area contributed by atoms with Crippen molar-refractivity contribution in [3.63, 3.8) is 0 Å². The summed E-state index contributed by atoms with van der Waals surface area (Å²) in [5.41, 5.74) is 0.374. The zero-order valence-electron chi connectivity index (χ0n) is 22.1. The Morgan fingerprint density at radius 3 is 2.56 bits per heavy atom. The van der Waals surface area contributed by atoms with Gasteiger partial charge in [-0.25, -0.2) is 17.5 Å². The minimum absolute atomic E-state index is 0.0607. The molecule has 220 valence electrons. The lowest BCUT2D eigenvalue weighted by Gasteiger charge is -2.48. The van der Waals surface area contributed by atoms with Crippen LogP contribution in [0.4, 0.5) is 10.1 Å². The number of nitrogens with zero attached hydrogens (tertiary/aromatic N) is 1. The molecule has 0 aromatic heterocycles. The summed E-state index contributed by atoms with van der Waals surface area (Å²) in [6, 6.07) is -2.12. The Labute approximate surface area is 233 Å². The number of Topliss-reactive ketones (excluding diaryl/α,β-unsaturated/α-hetero) is 2. The molecular formula is C26H29FN4O9S. The van der Waals surface area contributed by atoms with E-state index in [1.54, 1.807) is 0 Å². The molecule has 6 rings (SSSR count). The first-order valence-corrected chi connectivity index (χ1v) is 15.0. The van der Waals surface area contributed by atoms with Crippen LogP contribution in [0, 0.1) is 23.6 Å². The van der Waals surface area contributed by atoms with Crippen LogP contribution in [0.15, 0.2) is 22.7 Å². The summed E-state index contributed by atoms with van der Waals surface area (Å²) in [6.45, 7) is 1.15. The Kier molecular flexibility index (Phi) is 5.89. The third-order valence-corrected chi connectivity index (χ3v) is 9.97. The number of sulfonamides is 1. The van der Waals surface area contributed by atoms with E-state index in [1.165, 1.54) is 0 Å². The van der Waals surface area contributed by atoms with Crippen LogP contribution in [-0.4, -0.2) is 89.3 Å². The predicted molar refractivity (Wildman–Crippen MR) is 140 cm³/mol. The molecule has 0 radical (unpaired) electrons. The van der Waals surface area contributed by atoms with E-state index < -0.39 is 90.8 Å². The Morgan fingerprint density at radius 2 is 1.93 bits per heavy atom. The van der Waals surface area contributed by atoms with Gasteiger partial charge in [0.2, 0.25) is 15.8 Å². The molecule has 15 heteroatoms. The van der Waals surface area contributed by atoms with Gasteiger partial charge in [-0.05, 0) is 44.7 Å². The average Bonchev–Trinajstić information content (AvgIpc) is 3.26. The highest BCUT2D eigenvalue weighted by Gasteiger charge is 2.63. The first-order valence-electron chi connectivity index (χ1n) is 13.1. The molecule has 5 aliphatic rings. The minimum Gasteiger partial charge on any atom is -0.510 e. The highest BCUT2D eigenvalue weighted by molar-refractivity contribution is 7.88. The Morgan fingerprint density at radius 1 is 1.24 bits per heavy atom. The van der Waals surface area contributed by atoms with Crippen LogP contribution in [0.2, 0.25) is 0 Å². The number of carbonyl (C=O) groups is 3. The van der Waals surface area contributed by atoms with Crippen molar-refractivity contribution in [1.82, 2.24) is 9.62 Å². The molecule has 1 fully saturated rings. The number of anilines is 1. The van der Waals surface area contributed by atoms with Gasteiger partial charge in [0, 0.05) is 35.2 Å². The highest BCUT2D eigenvalue weighted by atomic mass is 32.2. The second-order valence-corrected chi connectivity index (χ2v) is 13.4. The number of halogens is 1. The lowest BCUT2D eigenvalue weighted by molar-refractivity contribution is -0.145. The minimum atomic E-state index is -4.13. The summed E-state index contributed by atoms with van der Waals surface area (Å²) in [5.74, 6) is -10.0. The maximum Gasteiger partial charge on any atom is 0.255 e. The number of aromatic hydroxyl groups is 1. The van der Waals surface area contributed by atoms with Crippen LogP contribution in [0.25, 0.3) is 0 Å². The van der Waals surface area contributed by atoms with Gasteiger partial charge in [-0.3, -0.25) is 19.3 Å². The number of primary amides is 1. The molecule has 13 nitrogen and oxygen atoms in total. The molecule has 1 saturated heterocycles. The fraction of sp³-hybridized carbons (Fsp3) is 0.500. The monoisotopic (exact) mass is 592 g/mol. The number of phenolic OH excluding ortho intramolecular Hbond substituents is 1. The molecule has 8 N–H and O–H groups in total. The lowest BCUT2D eigenvalue weighted by atomic mass is 9.59. The van der Waals surface area contributed by atoms with E-state index in [9.17, 15) is 43.2 Å². The molecule has 3 aliphatic carbocycles. The van der Waals surface area contributed by atoms with E-state index in [0.717, 1.165) is 12.7 Å². The van der Waals surface area contributed by atoms with Crippen LogP contribution in [-0.2, 0) is 26.0 Å². The van der Waals surface area contributed by atoms with E-state index in [1.807, 2.05) is 11.9 Å². The Balaban J connectivity index is 1.55. The number of fused-ring (bicyclic) bond motifs is 6. The lowest BCUT2D eigenvalue weighted by Crippen LogP contribution is -2.64. The number of carbonyl (C=O) groups excluding carboxylic acids is 3. The molecule has 0 bridgehead atoms. The number of benzene rings is 1. The van der Waals surface area contributed by atoms with Crippen molar-refractivity contribution in [1.29, 1.82) is 0 Å². The van der Waals surface area contributed by atoms with Gasteiger partial charge in [0.25, 0.3) is 5.91 Å². The summed E-state index contributed by atoms with van der Waals surface area (Å²) < 4.78 is 42.7. The van der Waals surface area contributed by atoms with Gasteiger partial charge in [0.05, 0.1) is 23.5 Å². The number of aliphatic hydroxyl groups is 3. The van der Waals surface area contributed by atoms with Crippen molar-refractivity contribution in [2.75, 3.05) is 31.7 Å². The number of allylic oxidation sites excluding steroid dienone is 1. The van der Waals surface area contributed by atoms with E-state index in [4.69, 9.17) is 5.73 Å². The van der Waals surface area contributed by atoms with Crippen LogP contribution in [0.5, 0.6) is 5.75 Å². The smallest absolute Gasteiger partial charge is 0.255 e. The number of nitrogens with one attached hydrogen (secondary N) is 2. The molecule has 0 spiro atoms. The fourth-order valence-electron chi connectivity index (χ4n) is 7.54. The van der Waals surface area contributed by atoms with Crippen molar-refractivity contribution in [3.05, 3.63) is 45.2 Å². The first-order chi connectivity index (χ1) is 19.1. The SMILES string of the molecule is CN1CCC2CNc3c(O)c4c(c(F)c3C21)C[C@H]1C[C@H]2[C@H](NS(C)(=O)=O)C(O)=C(C(N)=O)C(=O)[C@@]2(O)C(O)=C1C4=O. The zero-order valence-corrected chi connectivity index (χ0v) is 22.9. The second kappa shape index (κ2) is 8.74. The number of hydrogen-bond donors (Lipinski definition) is 7. The number of rotatable bonds is 3.